The van der Waals surface area contributed by atoms with Gasteiger partial charge in [0.25, 0.3) is 0 Å². The molecule has 0 bridgehead atoms. The van der Waals surface area contributed by atoms with Crippen LogP contribution >= 0.6 is 0 Å². The predicted molar refractivity (Wildman–Crippen MR) is 45.0 cm³/mol. The summed E-state index contributed by atoms with van der Waals surface area (Å²) in [6.45, 7) is 4.42. The molecule has 0 amide bonds. The summed E-state index contributed by atoms with van der Waals surface area (Å²) in [5, 5.41) is 8.69. The number of aliphatic hydroxyl groups excluding tert-OH is 1. The van der Waals surface area contributed by atoms with Crippen molar-refractivity contribution in [3.8, 4) is 0 Å². The summed E-state index contributed by atoms with van der Waals surface area (Å²) < 4.78 is 0. The smallest absolute Gasteiger partial charge is 0.0459 e. The van der Waals surface area contributed by atoms with Gasteiger partial charge in [-0.2, -0.15) is 0 Å². The van der Waals surface area contributed by atoms with Crippen LogP contribution in [0.25, 0.3) is 0 Å². The topological polar surface area (TPSA) is 20.2 Å². The van der Waals surface area contributed by atoms with Gasteiger partial charge in [-0.05, 0) is 18.8 Å². The fraction of sp³-hybridized carbons (Fsp3) is 1.00. The van der Waals surface area contributed by atoms with E-state index >= 15 is 0 Å². The van der Waals surface area contributed by atoms with E-state index in [1.165, 1.54) is 32.1 Å². The van der Waals surface area contributed by atoms with Crippen LogP contribution in [0.1, 0.15) is 46.0 Å². The van der Waals surface area contributed by atoms with Gasteiger partial charge in [-0.3, -0.25) is 0 Å². The molecule has 0 aromatic rings. The van der Waals surface area contributed by atoms with Crippen molar-refractivity contribution in [1.82, 2.24) is 0 Å². The van der Waals surface area contributed by atoms with E-state index in [1.807, 2.05) is 13.8 Å². The van der Waals surface area contributed by atoms with Gasteiger partial charge >= 0.3 is 0 Å². The molecule has 1 fully saturated rings. The second kappa shape index (κ2) is 7.07. The van der Waals surface area contributed by atoms with Gasteiger partial charge in [0.05, 0.1) is 0 Å². The maximum absolute atomic E-state index is 8.69. The highest BCUT2D eigenvalue weighted by atomic mass is 16.3. The SMILES string of the molecule is CC.OCC1CCCCC1. The van der Waals surface area contributed by atoms with E-state index in [0.717, 1.165) is 0 Å². The van der Waals surface area contributed by atoms with Crippen LogP contribution in [0.5, 0.6) is 0 Å². The summed E-state index contributed by atoms with van der Waals surface area (Å²) in [6.07, 6.45) is 6.58. The van der Waals surface area contributed by atoms with Crippen LogP contribution in [0.3, 0.4) is 0 Å². The molecule has 0 aromatic carbocycles. The average molecular weight is 144 g/mol. The Morgan fingerprint density at radius 3 is 1.90 bits per heavy atom. The normalized spacial score (nSPS) is 19.5. The molecule has 1 rings (SSSR count). The third kappa shape index (κ3) is 3.89. The molecule has 0 spiro atoms. The predicted octanol–water partition coefficient (Wildman–Crippen LogP) is 2.59. The van der Waals surface area contributed by atoms with E-state index in [9.17, 15) is 0 Å². The molecule has 1 saturated carbocycles. The Morgan fingerprint density at radius 2 is 1.60 bits per heavy atom. The van der Waals surface area contributed by atoms with Crippen molar-refractivity contribution in [1.29, 1.82) is 0 Å². The molecule has 0 unspecified atom stereocenters. The molecule has 62 valence electrons. The van der Waals surface area contributed by atoms with Crippen molar-refractivity contribution in [3.63, 3.8) is 0 Å². The molecule has 1 nitrogen and oxygen atoms in total. The minimum atomic E-state index is 0.417. The average Bonchev–Trinajstić information content (AvgIpc) is 2.10. The van der Waals surface area contributed by atoms with Crippen LogP contribution in [-0.4, -0.2) is 11.7 Å². The summed E-state index contributed by atoms with van der Waals surface area (Å²) in [5.41, 5.74) is 0. The van der Waals surface area contributed by atoms with Gasteiger partial charge in [0, 0.05) is 6.61 Å². The standard InChI is InChI=1S/C7H14O.C2H6/c8-6-7-4-2-1-3-5-7;1-2/h7-8H,1-6H2;1-2H3. The number of hydrogen-bond donors (Lipinski definition) is 1. The van der Waals surface area contributed by atoms with E-state index in [0.29, 0.717) is 12.5 Å². The Morgan fingerprint density at radius 1 is 1.10 bits per heavy atom. The monoisotopic (exact) mass is 144 g/mol. The molecular formula is C9H20O. The summed E-state index contributed by atoms with van der Waals surface area (Å²) in [4.78, 5) is 0. The molecule has 0 aliphatic heterocycles. The lowest BCUT2D eigenvalue weighted by atomic mass is 9.90. The van der Waals surface area contributed by atoms with Crippen molar-refractivity contribution in [3.05, 3.63) is 0 Å². The van der Waals surface area contributed by atoms with Crippen molar-refractivity contribution < 1.29 is 5.11 Å². The first kappa shape index (κ1) is 9.96. The van der Waals surface area contributed by atoms with Crippen molar-refractivity contribution in [2.24, 2.45) is 5.92 Å². The van der Waals surface area contributed by atoms with Gasteiger partial charge < -0.3 is 5.11 Å². The van der Waals surface area contributed by atoms with E-state index in [2.05, 4.69) is 0 Å². The molecular weight excluding hydrogens is 124 g/mol. The maximum atomic E-state index is 8.69. The fourth-order valence-corrected chi connectivity index (χ4v) is 1.37. The van der Waals surface area contributed by atoms with Crippen LogP contribution in [0, 0.1) is 5.92 Å². The minimum Gasteiger partial charge on any atom is -0.396 e. The summed E-state index contributed by atoms with van der Waals surface area (Å²) >= 11 is 0. The molecule has 0 saturated heterocycles. The Bertz CT molecular complexity index is 55.7. The van der Waals surface area contributed by atoms with Gasteiger partial charge in [-0.15, -0.1) is 0 Å². The van der Waals surface area contributed by atoms with Gasteiger partial charge in [0.1, 0.15) is 0 Å². The van der Waals surface area contributed by atoms with E-state index in [1.54, 1.807) is 0 Å². The Hall–Kier alpha value is -0.0400. The van der Waals surface area contributed by atoms with Crippen molar-refractivity contribution >= 4 is 0 Å². The van der Waals surface area contributed by atoms with Crippen molar-refractivity contribution in [2.45, 2.75) is 46.0 Å². The largest absolute Gasteiger partial charge is 0.396 e. The maximum Gasteiger partial charge on any atom is 0.0459 e. The molecule has 0 aromatic heterocycles. The summed E-state index contributed by atoms with van der Waals surface area (Å²) in [5.74, 6) is 0.642. The van der Waals surface area contributed by atoms with Crippen LogP contribution in [0.15, 0.2) is 0 Å². The van der Waals surface area contributed by atoms with Gasteiger partial charge in [-0.1, -0.05) is 33.1 Å². The van der Waals surface area contributed by atoms with Gasteiger partial charge in [0.2, 0.25) is 0 Å². The van der Waals surface area contributed by atoms with E-state index in [-0.39, 0.29) is 0 Å². The highest BCUT2D eigenvalue weighted by Crippen LogP contribution is 2.22. The zero-order valence-electron chi connectivity index (χ0n) is 7.27. The molecule has 10 heavy (non-hydrogen) atoms. The van der Waals surface area contributed by atoms with Gasteiger partial charge in [0.15, 0.2) is 0 Å². The van der Waals surface area contributed by atoms with Crippen LogP contribution in [0.2, 0.25) is 0 Å². The van der Waals surface area contributed by atoms with Gasteiger partial charge in [-0.25, -0.2) is 0 Å². The third-order valence-corrected chi connectivity index (χ3v) is 1.98. The van der Waals surface area contributed by atoms with Crippen LogP contribution in [-0.2, 0) is 0 Å². The third-order valence-electron chi connectivity index (χ3n) is 1.98. The highest BCUT2D eigenvalue weighted by Gasteiger charge is 2.10. The van der Waals surface area contributed by atoms with E-state index < -0.39 is 0 Å². The molecule has 1 heteroatoms. The molecule has 1 N–H and O–H groups in total. The van der Waals surface area contributed by atoms with E-state index in [4.69, 9.17) is 5.11 Å². The van der Waals surface area contributed by atoms with Crippen LogP contribution in [0.4, 0.5) is 0 Å². The molecule has 0 heterocycles. The summed E-state index contributed by atoms with van der Waals surface area (Å²) in [6, 6.07) is 0. The quantitative estimate of drug-likeness (QED) is 0.599. The number of aliphatic hydroxyl groups is 1. The molecule has 1 aliphatic rings. The fourth-order valence-electron chi connectivity index (χ4n) is 1.37. The minimum absolute atomic E-state index is 0.417. The second-order valence-corrected chi connectivity index (χ2v) is 2.69. The number of hydrogen-bond acceptors (Lipinski definition) is 1. The van der Waals surface area contributed by atoms with Crippen molar-refractivity contribution in [2.75, 3.05) is 6.61 Å². The summed E-state index contributed by atoms with van der Waals surface area (Å²) in [7, 11) is 0. The zero-order chi connectivity index (χ0) is 7.82. The molecule has 0 atom stereocenters. The highest BCUT2D eigenvalue weighted by molar-refractivity contribution is 4.63. The van der Waals surface area contributed by atoms with Crippen LogP contribution < -0.4 is 0 Å². The molecule has 1 aliphatic carbocycles. The molecule has 0 radical (unpaired) electrons. The zero-order valence-corrected chi connectivity index (χ0v) is 7.27. The Labute approximate surface area is 64.5 Å². The Kier molecular flexibility index (Phi) is 7.04. The lowest BCUT2D eigenvalue weighted by Crippen LogP contribution is -2.09. The first-order valence-electron chi connectivity index (χ1n) is 4.54. The first-order chi connectivity index (χ1) is 4.93. The first-order valence-corrected chi connectivity index (χ1v) is 4.54. The number of rotatable bonds is 1. The Balaban J connectivity index is 0.000000371. The lowest BCUT2D eigenvalue weighted by molar-refractivity contribution is 0.190. The lowest BCUT2D eigenvalue weighted by Gasteiger charge is -2.18. The second-order valence-electron chi connectivity index (χ2n) is 2.69.